The third-order valence-electron chi connectivity index (χ3n) is 3.95. The number of likely N-dealkylation sites (tertiary alicyclic amines) is 1. The van der Waals surface area contributed by atoms with Crippen molar-refractivity contribution in [1.82, 2.24) is 4.90 Å². The first-order valence-electron chi connectivity index (χ1n) is 8.19. The molecule has 0 spiro atoms. The van der Waals surface area contributed by atoms with Crippen LogP contribution in [0.1, 0.15) is 50.5 Å². The first-order valence-corrected chi connectivity index (χ1v) is 8.19. The van der Waals surface area contributed by atoms with Crippen molar-refractivity contribution < 1.29 is 4.74 Å². The molecule has 0 radical (unpaired) electrons. The van der Waals surface area contributed by atoms with Crippen LogP contribution in [0.3, 0.4) is 0 Å². The van der Waals surface area contributed by atoms with Crippen molar-refractivity contribution >= 4 is 0 Å². The lowest BCUT2D eigenvalue weighted by molar-refractivity contribution is 0.275. The number of nitriles is 1. The fourth-order valence-electron chi connectivity index (χ4n) is 2.78. The minimum absolute atomic E-state index is 0.623. The third-order valence-corrected chi connectivity index (χ3v) is 3.95. The fourth-order valence-corrected chi connectivity index (χ4v) is 2.78. The molecule has 0 atom stereocenters. The summed E-state index contributed by atoms with van der Waals surface area (Å²) >= 11 is 0. The minimum atomic E-state index is 0.623. The third kappa shape index (κ3) is 6.18. The van der Waals surface area contributed by atoms with E-state index in [2.05, 4.69) is 29.2 Å². The zero-order valence-electron chi connectivity index (χ0n) is 12.9. The van der Waals surface area contributed by atoms with Gasteiger partial charge in [0.2, 0.25) is 0 Å². The van der Waals surface area contributed by atoms with Gasteiger partial charge in [-0.3, -0.25) is 4.90 Å². The number of ether oxygens (including phenoxy) is 1. The summed E-state index contributed by atoms with van der Waals surface area (Å²) in [5.41, 5.74) is 1.34. The highest BCUT2D eigenvalue weighted by Gasteiger charge is 2.09. The molecule has 114 valence electrons. The van der Waals surface area contributed by atoms with E-state index in [9.17, 15) is 0 Å². The number of benzene rings is 1. The molecular weight excluding hydrogens is 260 g/mol. The molecule has 1 aliphatic rings. The number of nitrogens with zero attached hydrogens (tertiary/aromatic N) is 2. The van der Waals surface area contributed by atoms with Crippen molar-refractivity contribution in [1.29, 1.82) is 5.26 Å². The molecule has 3 nitrogen and oxygen atoms in total. The van der Waals surface area contributed by atoms with Crippen molar-refractivity contribution in [2.75, 3.05) is 19.7 Å². The van der Waals surface area contributed by atoms with Crippen LogP contribution in [0.25, 0.3) is 0 Å². The van der Waals surface area contributed by atoms with E-state index >= 15 is 0 Å². The van der Waals surface area contributed by atoms with Crippen LogP contribution in [0.4, 0.5) is 0 Å². The molecule has 0 unspecified atom stereocenters. The maximum absolute atomic E-state index is 8.50. The van der Waals surface area contributed by atoms with Crippen molar-refractivity contribution in [2.45, 2.75) is 51.5 Å². The Morgan fingerprint density at radius 3 is 2.67 bits per heavy atom. The predicted molar refractivity (Wildman–Crippen MR) is 85.1 cm³/mol. The molecule has 21 heavy (non-hydrogen) atoms. The Morgan fingerprint density at radius 1 is 1.10 bits per heavy atom. The van der Waals surface area contributed by atoms with Gasteiger partial charge in [-0.15, -0.1) is 0 Å². The van der Waals surface area contributed by atoms with E-state index in [4.69, 9.17) is 10.00 Å². The van der Waals surface area contributed by atoms with Crippen LogP contribution in [-0.2, 0) is 6.54 Å². The van der Waals surface area contributed by atoms with Gasteiger partial charge in [0.1, 0.15) is 5.75 Å². The summed E-state index contributed by atoms with van der Waals surface area (Å²) in [6.07, 6.45) is 7.90. The first-order chi connectivity index (χ1) is 10.4. The standard InChI is InChI=1S/C18H26N2O/c19-11-4-3-7-14-21-18-10-8-9-17(15-18)16-20-12-5-1-2-6-13-20/h8-10,15H,1-7,12-14,16H2. The second-order valence-electron chi connectivity index (χ2n) is 5.80. The molecule has 1 aliphatic heterocycles. The van der Waals surface area contributed by atoms with Crippen molar-refractivity contribution in [3.63, 3.8) is 0 Å². The van der Waals surface area contributed by atoms with Gasteiger partial charge in [0.25, 0.3) is 0 Å². The molecule has 2 rings (SSSR count). The summed E-state index contributed by atoms with van der Waals surface area (Å²) in [5.74, 6) is 0.958. The van der Waals surface area contributed by atoms with E-state index < -0.39 is 0 Å². The van der Waals surface area contributed by atoms with E-state index in [-0.39, 0.29) is 0 Å². The normalized spacial score (nSPS) is 16.1. The monoisotopic (exact) mass is 286 g/mol. The Bertz CT molecular complexity index is 445. The molecule has 0 saturated carbocycles. The molecule has 0 aliphatic carbocycles. The van der Waals surface area contributed by atoms with Crippen molar-refractivity contribution in [3.8, 4) is 11.8 Å². The van der Waals surface area contributed by atoms with Crippen LogP contribution in [0, 0.1) is 11.3 Å². The van der Waals surface area contributed by atoms with Crippen LogP contribution in [0.2, 0.25) is 0 Å². The van der Waals surface area contributed by atoms with Crippen LogP contribution >= 0.6 is 0 Å². The Labute approximate surface area is 128 Å². The van der Waals surface area contributed by atoms with Gasteiger partial charge in [-0.05, 0) is 56.5 Å². The van der Waals surface area contributed by atoms with E-state index in [1.165, 1.54) is 44.3 Å². The van der Waals surface area contributed by atoms with E-state index in [0.29, 0.717) is 13.0 Å². The number of hydrogen-bond donors (Lipinski definition) is 0. The molecule has 1 saturated heterocycles. The topological polar surface area (TPSA) is 36.3 Å². The molecular formula is C18H26N2O. The van der Waals surface area contributed by atoms with Crippen LogP contribution < -0.4 is 4.74 Å². The Morgan fingerprint density at radius 2 is 1.90 bits per heavy atom. The summed E-state index contributed by atoms with van der Waals surface area (Å²) < 4.78 is 5.78. The summed E-state index contributed by atoms with van der Waals surface area (Å²) in [6.45, 7) is 4.18. The second kappa shape index (κ2) is 9.41. The van der Waals surface area contributed by atoms with Gasteiger partial charge in [-0.25, -0.2) is 0 Å². The average molecular weight is 286 g/mol. The zero-order valence-corrected chi connectivity index (χ0v) is 12.9. The van der Waals surface area contributed by atoms with Gasteiger partial charge in [-0.2, -0.15) is 5.26 Å². The average Bonchev–Trinajstić information content (AvgIpc) is 2.76. The van der Waals surface area contributed by atoms with Gasteiger partial charge < -0.3 is 4.74 Å². The molecule has 0 N–H and O–H groups in total. The lowest BCUT2D eigenvalue weighted by Gasteiger charge is -2.20. The highest BCUT2D eigenvalue weighted by atomic mass is 16.5. The summed E-state index contributed by atoms with van der Waals surface area (Å²) in [4.78, 5) is 2.55. The summed E-state index contributed by atoms with van der Waals surface area (Å²) in [6, 6.07) is 10.6. The predicted octanol–water partition coefficient (Wildman–Crippen LogP) is 4.14. The molecule has 0 amide bonds. The minimum Gasteiger partial charge on any atom is -0.494 e. The molecule has 1 aromatic carbocycles. The van der Waals surface area contributed by atoms with Gasteiger partial charge in [-0.1, -0.05) is 25.0 Å². The largest absolute Gasteiger partial charge is 0.494 e. The van der Waals surface area contributed by atoms with Gasteiger partial charge in [0.15, 0.2) is 0 Å². The second-order valence-corrected chi connectivity index (χ2v) is 5.80. The van der Waals surface area contributed by atoms with Crippen LogP contribution in [-0.4, -0.2) is 24.6 Å². The molecule has 1 heterocycles. The lowest BCUT2D eigenvalue weighted by atomic mass is 10.2. The number of hydrogen-bond acceptors (Lipinski definition) is 3. The highest BCUT2D eigenvalue weighted by molar-refractivity contribution is 5.28. The Kier molecular flexibility index (Phi) is 7.11. The molecule has 3 heteroatoms. The van der Waals surface area contributed by atoms with Crippen LogP contribution in [0.5, 0.6) is 5.75 Å². The maximum atomic E-state index is 8.50. The summed E-state index contributed by atoms with van der Waals surface area (Å²) in [7, 11) is 0. The molecule has 1 fully saturated rings. The van der Waals surface area contributed by atoms with Gasteiger partial charge in [0, 0.05) is 13.0 Å². The molecule has 0 aromatic heterocycles. The van der Waals surface area contributed by atoms with Gasteiger partial charge in [0.05, 0.1) is 12.7 Å². The maximum Gasteiger partial charge on any atom is 0.119 e. The smallest absolute Gasteiger partial charge is 0.119 e. The van der Waals surface area contributed by atoms with E-state index in [1.54, 1.807) is 0 Å². The van der Waals surface area contributed by atoms with Crippen LogP contribution in [0.15, 0.2) is 24.3 Å². The summed E-state index contributed by atoms with van der Waals surface area (Å²) in [5, 5.41) is 8.50. The van der Waals surface area contributed by atoms with Crippen molar-refractivity contribution in [3.05, 3.63) is 29.8 Å². The zero-order chi connectivity index (χ0) is 14.8. The SMILES string of the molecule is N#CCCCCOc1cccc(CN2CCCCCC2)c1. The lowest BCUT2D eigenvalue weighted by Crippen LogP contribution is -2.23. The number of rotatable bonds is 7. The number of unbranched alkanes of at least 4 members (excludes halogenated alkanes) is 2. The highest BCUT2D eigenvalue weighted by Crippen LogP contribution is 2.17. The first kappa shape index (κ1) is 15.9. The molecule has 1 aromatic rings. The Balaban J connectivity index is 1.78. The molecule has 0 bridgehead atoms. The van der Waals surface area contributed by atoms with Gasteiger partial charge >= 0.3 is 0 Å². The van der Waals surface area contributed by atoms with E-state index in [0.717, 1.165) is 25.1 Å². The van der Waals surface area contributed by atoms with Crippen molar-refractivity contribution in [2.24, 2.45) is 0 Å². The van der Waals surface area contributed by atoms with E-state index in [1.807, 2.05) is 6.07 Å². The Hall–Kier alpha value is -1.53. The quantitative estimate of drug-likeness (QED) is 0.707. The fraction of sp³-hybridized carbons (Fsp3) is 0.611.